The molecule has 0 spiro atoms. The van der Waals surface area contributed by atoms with Crippen molar-refractivity contribution in [2.24, 2.45) is 0 Å². The van der Waals surface area contributed by atoms with Crippen molar-refractivity contribution in [3.63, 3.8) is 0 Å². The van der Waals surface area contributed by atoms with Crippen LogP contribution in [0.5, 0.6) is 0 Å². The van der Waals surface area contributed by atoms with Crippen LogP contribution in [0.15, 0.2) is 109 Å². The monoisotopic (exact) mass is 537 g/mol. The van der Waals surface area contributed by atoms with Crippen LogP contribution in [0.1, 0.15) is 48.4 Å². The summed E-state index contributed by atoms with van der Waals surface area (Å²) in [6.07, 6.45) is 5.53. The van der Waals surface area contributed by atoms with Gasteiger partial charge in [0, 0.05) is 17.6 Å². The first kappa shape index (κ1) is 26.0. The lowest BCUT2D eigenvalue weighted by Crippen LogP contribution is -2.08. The Morgan fingerprint density at radius 3 is 2.33 bits per heavy atom. The molecule has 0 fully saturated rings. The molecule has 6 rings (SSSR count). The van der Waals surface area contributed by atoms with Crippen LogP contribution in [-0.4, -0.2) is 11.2 Å². The van der Waals surface area contributed by atoms with Gasteiger partial charge in [-0.3, -0.25) is 0 Å². The molecule has 3 aromatic carbocycles. The molecule has 4 aromatic rings. The zero-order chi connectivity index (χ0) is 27.6. The molecule has 0 N–H and O–H groups in total. The zero-order valence-corrected chi connectivity index (χ0v) is 21.8. The van der Waals surface area contributed by atoms with Gasteiger partial charge < -0.3 is 0 Å². The Hall–Kier alpha value is -4.25. The molecule has 0 saturated heterocycles. The first-order chi connectivity index (χ1) is 19.4. The van der Waals surface area contributed by atoms with Gasteiger partial charge in [0.2, 0.25) is 0 Å². The molecule has 200 valence electrons. The van der Waals surface area contributed by atoms with Crippen molar-refractivity contribution in [3.05, 3.63) is 137 Å². The highest BCUT2D eigenvalue weighted by molar-refractivity contribution is 5.82. The van der Waals surface area contributed by atoms with Gasteiger partial charge in [-0.25, -0.2) is 22.5 Å². The maximum Gasteiger partial charge on any atom is 0.126 e. The summed E-state index contributed by atoms with van der Waals surface area (Å²) in [6, 6.07) is 24.9. The normalized spacial score (nSPS) is 19.1. The molecule has 0 radical (unpaired) electrons. The van der Waals surface area contributed by atoms with E-state index in [9.17, 15) is 17.6 Å². The summed E-state index contributed by atoms with van der Waals surface area (Å²) < 4.78 is 57.3. The van der Waals surface area contributed by atoms with E-state index in [0.717, 1.165) is 46.9 Å². The van der Waals surface area contributed by atoms with E-state index in [1.807, 2.05) is 60.7 Å². The second-order valence-electron chi connectivity index (χ2n) is 10.3. The number of hydrogen-bond donors (Lipinski definition) is 0. The lowest BCUT2D eigenvalue weighted by atomic mass is 9.82. The molecule has 0 aliphatic heterocycles. The second kappa shape index (κ2) is 11.1. The van der Waals surface area contributed by atoms with E-state index in [0.29, 0.717) is 23.2 Å². The van der Waals surface area contributed by atoms with E-state index in [4.69, 9.17) is 4.98 Å². The van der Waals surface area contributed by atoms with E-state index in [2.05, 4.69) is 6.08 Å². The van der Waals surface area contributed by atoms with Gasteiger partial charge in [0.15, 0.2) is 0 Å². The fourth-order valence-corrected chi connectivity index (χ4v) is 5.59. The average Bonchev–Trinajstić information content (AvgIpc) is 3.00. The second-order valence-corrected chi connectivity index (χ2v) is 10.3. The summed E-state index contributed by atoms with van der Waals surface area (Å²) in [4.78, 5) is 5.00. The van der Waals surface area contributed by atoms with Crippen molar-refractivity contribution in [2.45, 2.75) is 37.8 Å². The Bertz CT molecular complexity index is 1650. The van der Waals surface area contributed by atoms with Crippen molar-refractivity contribution < 1.29 is 17.6 Å². The number of rotatable bonds is 5. The molecule has 2 unspecified atom stereocenters. The van der Waals surface area contributed by atoms with E-state index in [-0.39, 0.29) is 17.9 Å². The van der Waals surface area contributed by atoms with E-state index in [1.165, 1.54) is 24.3 Å². The van der Waals surface area contributed by atoms with Crippen LogP contribution < -0.4 is 0 Å². The van der Waals surface area contributed by atoms with Gasteiger partial charge in [-0.15, -0.1) is 0 Å². The fourth-order valence-electron chi connectivity index (χ4n) is 5.59. The highest BCUT2D eigenvalue weighted by Gasteiger charge is 2.23. The lowest BCUT2D eigenvalue weighted by molar-refractivity contribution is 0.398. The smallest absolute Gasteiger partial charge is 0.126 e. The minimum absolute atomic E-state index is 0.0364. The van der Waals surface area contributed by atoms with Crippen LogP contribution in [0.3, 0.4) is 0 Å². The van der Waals surface area contributed by atoms with Gasteiger partial charge in [-0.2, -0.15) is 0 Å². The molecule has 5 heteroatoms. The number of hydrogen-bond acceptors (Lipinski definition) is 1. The van der Waals surface area contributed by atoms with Gasteiger partial charge in [0.05, 0.1) is 11.4 Å². The summed E-state index contributed by atoms with van der Waals surface area (Å²) in [7, 11) is 0. The van der Waals surface area contributed by atoms with Crippen molar-refractivity contribution in [3.8, 4) is 22.4 Å². The molecule has 1 heterocycles. The summed E-state index contributed by atoms with van der Waals surface area (Å²) >= 11 is 0. The molecule has 40 heavy (non-hydrogen) atoms. The highest BCUT2D eigenvalue weighted by Crippen LogP contribution is 2.40. The fraction of sp³-hybridized carbons (Fsp3) is 0.171. The summed E-state index contributed by atoms with van der Waals surface area (Å²) in [5, 5.41) is 0. The van der Waals surface area contributed by atoms with Gasteiger partial charge in [0.1, 0.15) is 23.6 Å². The molecule has 1 aromatic heterocycles. The Balaban J connectivity index is 1.42. The highest BCUT2D eigenvalue weighted by atomic mass is 19.1. The number of pyridine rings is 1. The first-order valence-corrected chi connectivity index (χ1v) is 13.5. The molecule has 1 nitrogen and oxygen atoms in total. The van der Waals surface area contributed by atoms with Crippen molar-refractivity contribution >= 4 is 11.1 Å². The Labute approximate surface area is 231 Å². The van der Waals surface area contributed by atoms with Crippen molar-refractivity contribution in [1.29, 1.82) is 0 Å². The Kier molecular flexibility index (Phi) is 7.21. The van der Waals surface area contributed by atoms with Crippen LogP contribution in [0.2, 0.25) is 0 Å². The van der Waals surface area contributed by atoms with Crippen LogP contribution in [0.4, 0.5) is 17.6 Å². The molecule has 0 saturated carbocycles. The third kappa shape index (κ3) is 5.42. The van der Waals surface area contributed by atoms with Crippen LogP contribution in [0, 0.1) is 11.6 Å². The van der Waals surface area contributed by atoms with E-state index >= 15 is 0 Å². The van der Waals surface area contributed by atoms with E-state index in [1.54, 1.807) is 6.07 Å². The number of nitrogens with zero attached hydrogens (tertiary/aromatic N) is 1. The van der Waals surface area contributed by atoms with Crippen LogP contribution in [-0.2, 0) is 0 Å². The predicted molar refractivity (Wildman–Crippen MR) is 153 cm³/mol. The van der Waals surface area contributed by atoms with Crippen LogP contribution >= 0.6 is 0 Å². The standard InChI is InChI=1S/C35H27F4N/c36-28-12-14-32(38)30(20-28)23-8-4-10-25(16-23)34-18-27(22-6-2-1-3-7-22)19-35(40-34)26-11-5-9-24(17-26)31-21-29(37)13-15-33(31)39/h1-4,6-8,10-11,13-16,18-21,24,28H,5,9,12,17H2. The van der Waals surface area contributed by atoms with Gasteiger partial charge >= 0.3 is 0 Å². The molecule has 2 atom stereocenters. The largest absolute Gasteiger partial charge is 0.248 e. The molecule has 0 bridgehead atoms. The molecular formula is C35H27F4N. The quantitative estimate of drug-likeness (QED) is 0.231. The van der Waals surface area contributed by atoms with E-state index < -0.39 is 23.6 Å². The van der Waals surface area contributed by atoms with Crippen LogP contribution in [0.25, 0.3) is 33.5 Å². The van der Waals surface area contributed by atoms with Gasteiger partial charge in [-0.05, 0) is 102 Å². The SMILES string of the molecule is FC1=CCC(F)C=C1c1cccc(-c2cc(-c3ccccc3)cc(C3=CCCC(c4cc(F)ccc4F)C3)n2)c1. The predicted octanol–water partition coefficient (Wildman–Crippen LogP) is 10.0. The van der Waals surface area contributed by atoms with Crippen molar-refractivity contribution in [2.75, 3.05) is 0 Å². The summed E-state index contributed by atoms with van der Waals surface area (Å²) in [6.45, 7) is 0. The minimum Gasteiger partial charge on any atom is -0.248 e. The third-order valence-electron chi connectivity index (χ3n) is 7.63. The number of allylic oxidation sites excluding steroid dienone is 6. The number of aromatic nitrogens is 1. The maximum absolute atomic E-state index is 14.6. The number of alkyl halides is 1. The molecular weight excluding hydrogens is 510 g/mol. The minimum atomic E-state index is -1.22. The number of benzene rings is 3. The average molecular weight is 538 g/mol. The van der Waals surface area contributed by atoms with Crippen molar-refractivity contribution in [1.82, 2.24) is 4.98 Å². The first-order valence-electron chi connectivity index (χ1n) is 13.5. The Morgan fingerprint density at radius 2 is 1.48 bits per heavy atom. The van der Waals surface area contributed by atoms with Gasteiger partial charge in [0.25, 0.3) is 0 Å². The maximum atomic E-state index is 14.6. The molecule has 2 aliphatic carbocycles. The number of halogens is 4. The lowest BCUT2D eigenvalue weighted by Gasteiger charge is -2.24. The topological polar surface area (TPSA) is 12.9 Å². The zero-order valence-electron chi connectivity index (χ0n) is 21.8. The third-order valence-corrected chi connectivity index (χ3v) is 7.63. The molecule has 2 aliphatic rings. The Morgan fingerprint density at radius 1 is 0.700 bits per heavy atom. The summed E-state index contributed by atoms with van der Waals surface area (Å²) in [5.41, 5.74) is 6.38. The summed E-state index contributed by atoms with van der Waals surface area (Å²) in [5.74, 6) is -1.44. The van der Waals surface area contributed by atoms with Gasteiger partial charge in [-0.1, -0.05) is 54.6 Å². The molecule has 0 amide bonds.